The molecular formula is C21H26N2O5S. The third kappa shape index (κ3) is 6.99. The molecule has 2 rings (SSSR count). The Kier molecular flexibility index (Phi) is 7.92. The van der Waals surface area contributed by atoms with Crippen LogP contribution >= 0.6 is 0 Å². The van der Waals surface area contributed by atoms with Crippen LogP contribution < -0.4 is 10.0 Å². The highest BCUT2D eigenvalue weighted by Crippen LogP contribution is 2.13. The lowest BCUT2D eigenvalue weighted by molar-refractivity contribution is -0.125. The number of benzene rings is 2. The number of ether oxygens (including phenoxy) is 1. The molecule has 0 unspecified atom stereocenters. The summed E-state index contributed by atoms with van der Waals surface area (Å²) in [5.74, 6) is -0.926. The Hall–Kier alpha value is -2.71. The number of carbonyl (C=O) groups is 2. The van der Waals surface area contributed by atoms with Crippen molar-refractivity contribution >= 4 is 21.9 Å². The summed E-state index contributed by atoms with van der Waals surface area (Å²) in [5, 5.41) is 2.73. The maximum atomic E-state index is 12.5. The summed E-state index contributed by atoms with van der Waals surface area (Å²) in [7, 11) is -3.81. The SMILES string of the molecule is CC(C)[C@H](C)NC(=O)COC(=O)c1cccc(S(=O)(=O)NCc2ccccc2)c1. The Morgan fingerprint density at radius 2 is 1.69 bits per heavy atom. The highest BCUT2D eigenvalue weighted by Gasteiger charge is 2.18. The first-order chi connectivity index (χ1) is 13.7. The van der Waals surface area contributed by atoms with Crippen molar-refractivity contribution in [1.29, 1.82) is 0 Å². The van der Waals surface area contributed by atoms with Crippen LogP contribution in [0.15, 0.2) is 59.5 Å². The highest BCUT2D eigenvalue weighted by molar-refractivity contribution is 7.89. The van der Waals surface area contributed by atoms with Crippen molar-refractivity contribution in [3.63, 3.8) is 0 Å². The molecule has 2 N–H and O–H groups in total. The minimum atomic E-state index is -3.81. The molecule has 0 aliphatic heterocycles. The number of sulfonamides is 1. The second-order valence-electron chi connectivity index (χ2n) is 7.01. The predicted octanol–water partition coefficient (Wildman–Crippen LogP) is 2.48. The van der Waals surface area contributed by atoms with E-state index in [1.807, 2.05) is 51.1 Å². The van der Waals surface area contributed by atoms with Gasteiger partial charge in [-0.15, -0.1) is 0 Å². The standard InChI is InChI=1S/C21H26N2O5S/c1-15(2)16(3)23-20(24)14-28-21(25)18-10-7-11-19(12-18)29(26,27)22-13-17-8-5-4-6-9-17/h4-12,15-16,22H,13-14H2,1-3H3,(H,23,24)/t16-/m0/s1. The van der Waals surface area contributed by atoms with Gasteiger partial charge in [0.25, 0.3) is 5.91 Å². The zero-order valence-corrected chi connectivity index (χ0v) is 17.5. The summed E-state index contributed by atoms with van der Waals surface area (Å²) in [4.78, 5) is 24.0. The van der Waals surface area contributed by atoms with E-state index in [0.29, 0.717) is 0 Å². The minimum Gasteiger partial charge on any atom is -0.452 e. The van der Waals surface area contributed by atoms with Crippen molar-refractivity contribution in [1.82, 2.24) is 10.0 Å². The van der Waals surface area contributed by atoms with E-state index >= 15 is 0 Å². The Labute approximate surface area is 171 Å². The zero-order chi connectivity index (χ0) is 21.4. The molecule has 0 aliphatic carbocycles. The van der Waals surface area contributed by atoms with Gasteiger partial charge in [0.15, 0.2) is 6.61 Å². The fourth-order valence-electron chi connectivity index (χ4n) is 2.32. The van der Waals surface area contributed by atoms with Gasteiger partial charge in [-0.05, 0) is 36.6 Å². The van der Waals surface area contributed by atoms with Gasteiger partial charge in [-0.1, -0.05) is 50.2 Å². The zero-order valence-electron chi connectivity index (χ0n) is 16.7. The Morgan fingerprint density at radius 1 is 1.00 bits per heavy atom. The summed E-state index contributed by atoms with van der Waals surface area (Å²) in [6.07, 6.45) is 0. The number of hydrogen-bond donors (Lipinski definition) is 2. The van der Waals surface area contributed by atoms with Gasteiger partial charge < -0.3 is 10.1 Å². The minimum absolute atomic E-state index is 0.0506. The van der Waals surface area contributed by atoms with Crippen LogP contribution in [-0.4, -0.2) is 32.9 Å². The summed E-state index contributed by atoms with van der Waals surface area (Å²) in [6.45, 7) is 5.50. The summed E-state index contributed by atoms with van der Waals surface area (Å²) >= 11 is 0. The second-order valence-corrected chi connectivity index (χ2v) is 8.78. The molecule has 0 radical (unpaired) electrons. The van der Waals surface area contributed by atoms with E-state index in [0.717, 1.165) is 5.56 Å². The van der Waals surface area contributed by atoms with Gasteiger partial charge in [0.1, 0.15) is 0 Å². The lowest BCUT2D eigenvalue weighted by atomic mass is 10.1. The van der Waals surface area contributed by atoms with Crippen LogP contribution in [0.4, 0.5) is 0 Å². The average Bonchev–Trinajstić information content (AvgIpc) is 2.71. The van der Waals surface area contributed by atoms with E-state index < -0.39 is 28.5 Å². The Bertz CT molecular complexity index is 943. The molecule has 2 aromatic carbocycles. The van der Waals surface area contributed by atoms with Crippen LogP contribution in [0.2, 0.25) is 0 Å². The molecule has 7 nitrogen and oxygen atoms in total. The van der Waals surface area contributed by atoms with E-state index in [1.54, 1.807) is 0 Å². The summed E-state index contributed by atoms with van der Waals surface area (Å²) < 4.78 is 32.5. The van der Waals surface area contributed by atoms with E-state index in [4.69, 9.17) is 4.74 Å². The monoisotopic (exact) mass is 418 g/mol. The van der Waals surface area contributed by atoms with E-state index in [1.165, 1.54) is 24.3 Å². The number of esters is 1. The topological polar surface area (TPSA) is 102 Å². The second kappa shape index (κ2) is 10.2. The third-order valence-corrected chi connectivity index (χ3v) is 5.81. The van der Waals surface area contributed by atoms with Crippen LogP contribution in [0, 0.1) is 5.92 Å². The van der Waals surface area contributed by atoms with Crippen LogP contribution in [0.5, 0.6) is 0 Å². The van der Waals surface area contributed by atoms with Gasteiger partial charge in [0.2, 0.25) is 10.0 Å². The first kappa shape index (κ1) is 22.6. The molecule has 0 fully saturated rings. The predicted molar refractivity (Wildman–Crippen MR) is 110 cm³/mol. The van der Waals surface area contributed by atoms with Crippen molar-refractivity contribution in [2.45, 2.75) is 38.3 Å². The third-order valence-electron chi connectivity index (χ3n) is 4.41. The summed E-state index contributed by atoms with van der Waals surface area (Å²) in [6, 6.07) is 14.6. The van der Waals surface area contributed by atoms with Gasteiger partial charge in [-0.2, -0.15) is 0 Å². The fourth-order valence-corrected chi connectivity index (χ4v) is 3.39. The van der Waals surface area contributed by atoms with Crippen molar-refractivity contribution in [2.75, 3.05) is 6.61 Å². The molecule has 2 aromatic rings. The summed E-state index contributed by atoms with van der Waals surface area (Å²) in [5.41, 5.74) is 0.866. The highest BCUT2D eigenvalue weighted by atomic mass is 32.2. The first-order valence-electron chi connectivity index (χ1n) is 9.29. The Balaban J connectivity index is 1.98. The molecule has 1 amide bonds. The van der Waals surface area contributed by atoms with Crippen molar-refractivity contribution in [3.8, 4) is 0 Å². The van der Waals surface area contributed by atoms with E-state index in [9.17, 15) is 18.0 Å². The van der Waals surface area contributed by atoms with Gasteiger partial charge in [-0.25, -0.2) is 17.9 Å². The van der Waals surface area contributed by atoms with Crippen molar-refractivity contribution in [2.24, 2.45) is 5.92 Å². The lowest BCUT2D eigenvalue weighted by Gasteiger charge is -2.17. The van der Waals surface area contributed by atoms with Crippen molar-refractivity contribution < 1.29 is 22.7 Å². The lowest BCUT2D eigenvalue weighted by Crippen LogP contribution is -2.38. The first-order valence-corrected chi connectivity index (χ1v) is 10.8. The number of carbonyl (C=O) groups excluding carboxylic acids is 2. The largest absolute Gasteiger partial charge is 0.452 e. The number of amides is 1. The number of rotatable bonds is 9. The van der Waals surface area contributed by atoms with E-state index in [2.05, 4.69) is 10.0 Å². The molecule has 0 aliphatic rings. The van der Waals surface area contributed by atoms with Gasteiger partial charge in [-0.3, -0.25) is 4.79 Å². The number of hydrogen-bond acceptors (Lipinski definition) is 5. The van der Waals surface area contributed by atoms with Gasteiger partial charge >= 0.3 is 5.97 Å². The van der Waals surface area contributed by atoms with Gasteiger partial charge in [0, 0.05) is 12.6 Å². The van der Waals surface area contributed by atoms with Crippen LogP contribution in [0.1, 0.15) is 36.7 Å². The quantitative estimate of drug-likeness (QED) is 0.609. The molecule has 156 valence electrons. The van der Waals surface area contributed by atoms with Crippen LogP contribution in [0.25, 0.3) is 0 Å². The average molecular weight is 419 g/mol. The normalized spacial score (nSPS) is 12.4. The molecule has 0 saturated heterocycles. The molecule has 29 heavy (non-hydrogen) atoms. The Morgan fingerprint density at radius 3 is 2.34 bits per heavy atom. The van der Waals surface area contributed by atoms with Gasteiger partial charge in [0.05, 0.1) is 10.5 Å². The van der Waals surface area contributed by atoms with Crippen LogP contribution in [0.3, 0.4) is 0 Å². The molecule has 8 heteroatoms. The van der Waals surface area contributed by atoms with Crippen LogP contribution in [-0.2, 0) is 26.1 Å². The maximum Gasteiger partial charge on any atom is 0.338 e. The molecule has 1 atom stereocenters. The smallest absolute Gasteiger partial charge is 0.338 e. The fraction of sp³-hybridized carbons (Fsp3) is 0.333. The molecule has 0 bridgehead atoms. The molecule has 0 aromatic heterocycles. The molecule has 0 saturated carbocycles. The maximum absolute atomic E-state index is 12.5. The van der Waals surface area contributed by atoms with Crippen molar-refractivity contribution in [3.05, 3.63) is 65.7 Å². The van der Waals surface area contributed by atoms with E-state index in [-0.39, 0.29) is 29.0 Å². The molecule has 0 heterocycles. The molecule has 0 spiro atoms. The molecular weight excluding hydrogens is 392 g/mol. The number of nitrogens with one attached hydrogen (secondary N) is 2.